The summed E-state index contributed by atoms with van der Waals surface area (Å²) in [5.41, 5.74) is 2.85. The number of Topliss-reactive ketones (excluding diaryl/α,β-unsaturated/α-hetero) is 1. The molecule has 1 unspecified atom stereocenters. The molecule has 2 aromatic heterocycles. The van der Waals surface area contributed by atoms with Gasteiger partial charge < -0.3 is 9.30 Å². The summed E-state index contributed by atoms with van der Waals surface area (Å²) < 4.78 is 9.33. The van der Waals surface area contributed by atoms with Crippen LogP contribution in [0.2, 0.25) is 0 Å². The lowest BCUT2D eigenvalue weighted by molar-refractivity contribution is 0.102. The van der Waals surface area contributed by atoms with E-state index in [0.717, 1.165) is 34.9 Å². The number of carbonyl (C=O) groups is 1. The Morgan fingerprint density at radius 2 is 2.12 bits per heavy atom. The summed E-state index contributed by atoms with van der Waals surface area (Å²) >= 11 is 1.43. The SMILES string of the molecule is COCC(C)n1c(C)cc(C(=O)CSc2nnnn2C2CCCC2)c1C. The van der Waals surface area contributed by atoms with Crippen molar-refractivity contribution in [2.45, 2.75) is 63.7 Å². The van der Waals surface area contributed by atoms with E-state index >= 15 is 0 Å². The Balaban J connectivity index is 1.70. The van der Waals surface area contributed by atoms with Crippen molar-refractivity contribution < 1.29 is 9.53 Å². The zero-order chi connectivity index (χ0) is 18.7. The van der Waals surface area contributed by atoms with Gasteiger partial charge in [0.25, 0.3) is 0 Å². The molecule has 3 rings (SSSR count). The fourth-order valence-corrected chi connectivity index (χ4v) is 4.75. The van der Waals surface area contributed by atoms with Crippen molar-refractivity contribution >= 4 is 17.5 Å². The van der Waals surface area contributed by atoms with Crippen LogP contribution in [0.1, 0.15) is 66.4 Å². The van der Waals surface area contributed by atoms with Gasteiger partial charge >= 0.3 is 0 Å². The zero-order valence-electron chi connectivity index (χ0n) is 15.9. The average Bonchev–Trinajstić information content (AvgIpc) is 3.32. The number of nitrogens with zero attached hydrogens (tertiary/aromatic N) is 5. The Morgan fingerprint density at radius 1 is 1.38 bits per heavy atom. The van der Waals surface area contributed by atoms with Crippen molar-refractivity contribution in [2.75, 3.05) is 19.5 Å². The van der Waals surface area contributed by atoms with Crippen molar-refractivity contribution in [3.8, 4) is 0 Å². The molecule has 2 heterocycles. The zero-order valence-corrected chi connectivity index (χ0v) is 16.8. The predicted molar refractivity (Wildman–Crippen MR) is 101 cm³/mol. The Hall–Kier alpha value is -1.67. The van der Waals surface area contributed by atoms with E-state index in [1.807, 2.05) is 24.6 Å². The van der Waals surface area contributed by atoms with Crippen molar-refractivity contribution in [3.63, 3.8) is 0 Å². The van der Waals surface area contributed by atoms with Gasteiger partial charge in [-0.1, -0.05) is 24.6 Å². The first-order valence-corrected chi connectivity index (χ1v) is 10.1. The number of ether oxygens (including phenoxy) is 1. The smallest absolute Gasteiger partial charge is 0.210 e. The number of thioether (sulfide) groups is 1. The third-order valence-electron chi connectivity index (χ3n) is 5.10. The molecular weight excluding hydrogens is 350 g/mol. The number of methoxy groups -OCH3 is 1. The standard InChI is InChI=1S/C18H27N5O2S/c1-12-9-16(14(3)22(12)13(2)10-25-4)17(24)11-26-18-19-20-21-23(18)15-7-5-6-8-15/h9,13,15H,5-8,10-11H2,1-4H3. The molecule has 0 amide bonds. The highest BCUT2D eigenvalue weighted by atomic mass is 32.2. The number of aryl methyl sites for hydroxylation is 1. The van der Waals surface area contributed by atoms with E-state index in [0.29, 0.717) is 18.4 Å². The molecule has 7 nitrogen and oxygen atoms in total. The van der Waals surface area contributed by atoms with Gasteiger partial charge in [-0.05, 0) is 50.1 Å². The summed E-state index contributed by atoms with van der Waals surface area (Å²) in [6.45, 7) is 6.75. The first-order valence-electron chi connectivity index (χ1n) is 9.14. The number of hydrogen-bond donors (Lipinski definition) is 0. The van der Waals surface area contributed by atoms with Gasteiger partial charge in [0.15, 0.2) is 5.78 Å². The van der Waals surface area contributed by atoms with Crippen molar-refractivity contribution in [1.82, 2.24) is 24.8 Å². The monoisotopic (exact) mass is 377 g/mol. The summed E-state index contributed by atoms with van der Waals surface area (Å²) in [4.78, 5) is 12.8. The van der Waals surface area contributed by atoms with Crippen LogP contribution in [0, 0.1) is 13.8 Å². The molecule has 1 fully saturated rings. The van der Waals surface area contributed by atoms with Crippen LogP contribution in [-0.2, 0) is 4.74 Å². The number of aromatic nitrogens is 5. The van der Waals surface area contributed by atoms with Gasteiger partial charge in [-0.3, -0.25) is 4.79 Å². The highest BCUT2D eigenvalue weighted by molar-refractivity contribution is 7.99. The molecule has 0 saturated heterocycles. The molecule has 0 bridgehead atoms. The van der Waals surface area contributed by atoms with Crippen molar-refractivity contribution in [3.05, 3.63) is 23.0 Å². The van der Waals surface area contributed by atoms with Crippen LogP contribution in [0.4, 0.5) is 0 Å². The van der Waals surface area contributed by atoms with Gasteiger partial charge in [0.1, 0.15) is 0 Å². The number of carbonyl (C=O) groups excluding carboxylic acids is 1. The summed E-state index contributed by atoms with van der Waals surface area (Å²) in [6.07, 6.45) is 4.68. The van der Waals surface area contributed by atoms with Crippen LogP contribution in [-0.4, -0.2) is 50.0 Å². The average molecular weight is 378 g/mol. The Bertz CT molecular complexity index is 764. The Kier molecular flexibility index (Phi) is 6.13. The molecule has 0 spiro atoms. The second-order valence-corrected chi connectivity index (χ2v) is 7.96. The van der Waals surface area contributed by atoms with Crippen LogP contribution in [0.25, 0.3) is 0 Å². The number of rotatable bonds is 8. The first kappa shape index (κ1) is 19.1. The van der Waals surface area contributed by atoms with E-state index in [4.69, 9.17) is 4.74 Å². The molecule has 2 aromatic rings. The molecule has 26 heavy (non-hydrogen) atoms. The normalized spacial score (nSPS) is 16.3. The molecule has 8 heteroatoms. The number of hydrogen-bond acceptors (Lipinski definition) is 6. The lowest BCUT2D eigenvalue weighted by Crippen LogP contribution is -2.15. The van der Waals surface area contributed by atoms with Gasteiger partial charge in [0, 0.05) is 24.1 Å². The van der Waals surface area contributed by atoms with Gasteiger partial charge in [0.2, 0.25) is 5.16 Å². The third kappa shape index (κ3) is 3.86. The number of ketones is 1. The fourth-order valence-electron chi connectivity index (χ4n) is 3.92. The van der Waals surface area contributed by atoms with E-state index < -0.39 is 0 Å². The minimum atomic E-state index is 0.111. The summed E-state index contributed by atoms with van der Waals surface area (Å²) in [5.74, 6) is 0.454. The van der Waals surface area contributed by atoms with Crippen LogP contribution < -0.4 is 0 Å². The maximum atomic E-state index is 12.8. The highest BCUT2D eigenvalue weighted by Crippen LogP contribution is 2.31. The van der Waals surface area contributed by atoms with E-state index in [1.54, 1.807) is 7.11 Å². The molecule has 0 radical (unpaired) electrons. The van der Waals surface area contributed by atoms with E-state index in [2.05, 4.69) is 27.0 Å². The number of tetrazole rings is 1. The van der Waals surface area contributed by atoms with Crippen molar-refractivity contribution in [2.24, 2.45) is 0 Å². The minimum absolute atomic E-state index is 0.111. The predicted octanol–water partition coefficient (Wildman–Crippen LogP) is 3.39. The molecule has 0 aromatic carbocycles. The molecule has 0 N–H and O–H groups in total. The Morgan fingerprint density at radius 3 is 2.81 bits per heavy atom. The van der Waals surface area contributed by atoms with Gasteiger partial charge in [0.05, 0.1) is 24.4 Å². The van der Waals surface area contributed by atoms with Crippen LogP contribution in [0.5, 0.6) is 0 Å². The summed E-state index contributed by atoms with van der Waals surface area (Å²) in [6, 6.07) is 2.55. The van der Waals surface area contributed by atoms with Gasteiger partial charge in [-0.25, -0.2) is 4.68 Å². The molecule has 1 aliphatic rings. The van der Waals surface area contributed by atoms with Crippen LogP contribution in [0.3, 0.4) is 0 Å². The van der Waals surface area contributed by atoms with E-state index in [9.17, 15) is 4.79 Å². The van der Waals surface area contributed by atoms with Gasteiger partial charge in [-0.15, -0.1) is 5.10 Å². The quantitative estimate of drug-likeness (QED) is 0.518. The van der Waals surface area contributed by atoms with Crippen LogP contribution in [0.15, 0.2) is 11.2 Å². The topological polar surface area (TPSA) is 74.8 Å². The minimum Gasteiger partial charge on any atom is -0.383 e. The highest BCUT2D eigenvalue weighted by Gasteiger charge is 2.23. The molecule has 1 aliphatic carbocycles. The maximum Gasteiger partial charge on any atom is 0.210 e. The second kappa shape index (κ2) is 8.35. The molecule has 1 saturated carbocycles. The lowest BCUT2D eigenvalue weighted by Gasteiger charge is -2.17. The lowest BCUT2D eigenvalue weighted by atomic mass is 10.2. The third-order valence-corrected chi connectivity index (χ3v) is 6.03. The van der Waals surface area contributed by atoms with Crippen molar-refractivity contribution in [1.29, 1.82) is 0 Å². The van der Waals surface area contributed by atoms with E-state index in [1.165, 1.54) is 24.6 Å². The molecule has 1 atom stereocenters. The fraction of sp³-hybridized carbons (Fsp3) is 0.667. The van der Waals surface area contributed by atoms with E-state index in [-0.39, 0.29) is 11.8 Å². The molecule has 0 aliphatic heterocycles. The summed E-state index contributed by atoms with van der Waals surface area (Å²) in [5, 5.41) is 12.8. The van der Waals surface area contributed by atoms with Crippen LogP contribution >= 0.6 is 11.8 Å². The summed E-state index contributed by atoms with van der Waals surface area (Å²) in [7, 11) is 1.70. The molecule has 142 valence electrons. The Labute approximate surface area is 158 Å². The largest absolute Gasteiger partial charge is 0.383 e. The first-order chi connectivity index (χ1) is 12.5. The second-order valence-electron chi connectivity index (χ2n) is 7.02. The van der Waals surface area contributed by atoms with Gasteiger partial charge in [-0.2, -0.15) is 0 Å². The molecular formula is C18H27N5O2S. The maximum absolute atomic E-state index is 12.8.